The van der Waals surface area contributed by atoms with E-state index >= 15 is 0 Å². The summed E-state index contributed by atoms with van der Waals surface area (Å²) in [4.78, 5) is 45.6. The highest BCUT2D eigenvalue weighted by atomic mass is 16.6. The van der Waals surface area contributed by atoms with Crippen LogP contribution < -0.4 is 5.32 Å². The number of benzene rings is 1. The Bertz CT molecular complexity index is 854. The Hall–Kier alpha value is -3.49. The summed E-state index contributed by atoms with van der Waals surface area (Å²) in [5.74, 6) is -3.23. The number of allylic oxidation sites excluding steroid dienone is 2. The maximum atomic E-state index is 12.3. The molecule has 1 atom stereocenters. The molecule has 1 heterocycles. The zero-order valence-electron chi connectivity index (χ0n) is 14.0. The van der Waals surface area contributed by atoms with Gasteiger partial charge >= 0.3 is 11.9 Å². The number of nitrogens with one attached hydrogen (secondary N) is 1. The number of hydrogen-bond acceptors (Lipinski definition) is 7. The maximum absolute atomic E-state index is 12.3. The first-order chi connectivity index (χ1) is 12.3. The van der Waals surface area contributed by atoms with Gasteiger partial charge in [0.1, 0.15) is 6.29 Å². The fourth-order valence-corrected chi connectivity index (χ4v) is 2.93. The van der Waals surface area contributed by atoms with Crippen LogP contribution in [0, 0.1) is 10.1 Å². The first kappa shape index (κ1) is 18.8. The van der Waals surface area contributed by atoms with Gasteiger partial charge in [0.25, 0.3) is 5.69 Å². The van der Waals surface area contributed by atoms with Crippen molar-refractivity contribution in [2.45, 2.75) is 19.3 Å². The molecule has 0 spiro atoms. The molecule has 1 aliphatic heterocycles. The van der Waals surface area contributed by atoms with E-state index in [0.29, 0.717) is 6.29 Å². The molecule has 1 aromatic rings. The number of non-ortho nitro benzene ring substituents is 1. The Balaban J connectivity index is 2.77. The lowest BCUT2D eigenvalue weighted by Crippen LogP contribution is -2.32. The van der Waals surface area contributed by atoms with Crippen LogP contribution in [0.2, 0.25) is 0 Å². The largest absolute Gasteiger partial charge is 0.478 e. The zero-order chi connectivity index (χ0) is 19.4. The number of ether oxygens (including phenoxy) is 1. The lowest BCUT2D eigenvalue weighted by Gasteiger charge is -2.30. The Labute approximate surface area is 148 Å². The minimum atomic E-state index is -1.29. The van der Waals surface area contributed by atoms with E-state index in [-0.39, 0.29) is 40.2 Å². The summed E-state index contributed by atoms with van der Waals surface area (Å²) in [7, 11) is 1.13. The molecule has 1 aliphatic rings. The number of carboxylic acid groups (broad SMARTS) is 1. The summed E-state index contributed by atoms with van der Waals surface area (Å²) in [6.07, 6.45) is 0.398. The van der Waals surface area contributed by atoms with Crippen LogP contribution >= 0.6 is 0 Å². The summed E-state index contributed by atoms with van der Waals surface area (Å²) in [5, 5.41) is 23.5. The van der Waals surface area contributed by atoms with Crippen LogP contribution in [0.1, 0.15) is 24.8 Å². The van der Waals surface area contributed by atoms with Crippen molar-refractivity contribution < 1.29 is 29.2 Å². The third kappa shape index (κ3) is 3.46. The average molecular weight is 360 g/mol. The molecule has 0 fully saturated rings. The van der Waals surface area contributed by atoms with Crippen molar-refractivity contribution in [1.29, 1.82) is 0 Å². The number of rotatable bonds is 6. The van der Waals surface area contributed by atoms with Gasteiger partial charge in [-0.2, -0.15) is 0 Å². The molecule has 136 valence electrons. The van der Waals surface area contributed by atoms with E-state index in [4.69, 9.17) is 4.74 Å². The van der Waals surface area contributed by atoms with Crippen molar-refractivity contribution in [3.05, 3.63) is 62.5 Å². The second kappa shape index (κ2) is 7.60. The third-order valence-electron chi connectivity index (χ3n) is 3.98. The van der Waals surface area contributed by atoms with Crippen LogP contribution in [-0.4, -0.2) is 35.4 Å². The number of nitro benzene ring substituents is 1. The van der Waals surface area contributed by atoms with Gasteiger partial charge in [0, 0.05) is 29.9 Å². The van der Waals surface area contributed by atoms with Crippen LogP contribution in [0.5, 0.6) is 0 Å². The molecule has 0 bridgehead atoms. The number of aldehydes is 1. The van der Waals surface area contributed by atoms with Crippen molar-refractivity contribution >= 4 is 23.9 Å². The normalized spacial score (nSPS) is 16.8. The van der Waals surface area contributed by atoms with Crippen LogP contribution in [0.15, 0.2) is 46.8 Å². The number of methoxy groups -OCH3 is 1. The molecular weight excluding hydrogens is 344 g/mol. The van der Waals surface area contributed by atoms with E-state index in [0.717, 1.165) is 7.11 Å². The Morgan fingerprint density at radius 3 is 2.62 bits per heavy atom. The number of esters is 1. The summed E-state index contributed by atoms with van der Waals surface area (Å²) < 4.78 is 4.76. The molecular formula is C17H16N2O7. The standard InChI is InChI=1S/C17H16N2O7/c1-9-13(16(21)22)14(10-4-3-5-11(8-10)19(24)25)15(17(23)26-2)12(18-9)6-7-20/h3-5,7-8,14,18H,6H2,1-2H3,(H,21,22). The minimum Gasteiger partial charge on any atom is -0.478 e. The van der Waals surface area contributed by atoms with Gasteiger partial charge in [0.2, 0.25) is 0 Å². The third-order valence-corrected chi connectivity index (χ3v) is 3.98. The molecule has 26 heavy (non-hydrogen) atoms. The number of nitrogens with zero attached hydrogens (tertiary/aromatic N) is 1. The summed E-state index contributed by atoms with van der Waals surface area (Å²) in [5.41, 5.74) is 0.207. The minimum absolute atomic E-state index is 0.0666. The van der Waals surface area contributed by atoms with Gasteiger partial charge < -0.3 is 20.0 Å². The summed E-state index contributed by atoms with van der Waals surface area (Å²) in [6.45, 7) is 1.49. The van der Waals surface area contributed by atoms with Crippen molar-refractivity contribution in [3.8, 4) is 0 Å². The predicted molar refractivity (Wildman–Crippen MR) is 89.0 cm³/mol. The summed E-state index contributed by atoms with van der Waals surface area (Å²) in [6, 6.07) is 5.35. The number of carbonyl (C=O) groups is 3. The summed E-state index contributed by atoms with van der Waals surface area (Å²) >= 11 is 0. The second-order valence-electron chi connectivity index (χ2n) is 5.51. The van der Waals surface area contributed by atoms with Crippen LogP contribution in [-0.2, 0) is 19.1 Å². The number of nitro groups is 1. The predicted octanol–water partition coefficient (Wildman–Crippen LogP) is 1.66. The lowest BCUT2D eigenvalue weighted by molar-refractivity contribution is -0.384. The topological polar surface area (TPSA) is 136 Å². The molecule has 9 nitrogen and oxygen atoms in total. The van der Waals surface area contributed by atoms with Gasteiger partial charge in [0.05, 0.1) is 29.1 Å². The van der Waals surface area contributed by atoms with E-state index in [9.17, 15) is 29.6 Å². The average Bonchev–Trinajstić information content (AvgIpc) is 2.60. The van der Waals surface area contributed by atoms with Gasteiger partial charge in [-0.25, -0.2) is 9.59 Å². The molecule has 0 saturated heterocycles. The monoisotopic (exact) mass is 360 g/mol. The molecule has 0 saturated carbocycles. The molecule has 0 amide bonds. The van der Waals surface area contributed by atoms with E-state index in [1.165, 1.54) is 31.2 Å². The zero-order valence-corrected chi connectivity index (χ0v) is 14.0. The molecule has 2 N–H and O–H groups in total. The first-order valence-electron chi connectivity index (χ1n) is 7.52. The molecule has 2 rings (SSSR count). The fraction of sp³-hybridized carbons (Fsp3) is 0.235. The van der Waals surface area contributed by atoms with Crippen LogP contribution in [0.3, 0.4) is 0 Å². The molecule has 0 aliphatic carbocycles. The Morgan fingerprint density at radius 1 is 1.38 bits per heavy atom. The first-order valence-corrected chi connectivity index (χ1v) is 7.52. The molecule has 9 heteroatoms. The van der Waals surface area contributed by atoms with Gasteiger partial charge in [-0.3, -0.25) is 10.1 Å². The maximum Gasteiger partial charge on any atom is 0.336 e. The quantitative estimate of drug-likeness (QED) is 0.338. The Kier molecular flexibility index (Phi) is 5.51. The van der Waals surface area contributed by atoms with Crippen molar-refractivity contribution in [2.75, 3.05) is 7.11 Å². The number of carboxylic acids is 1. The molecule has 1 aromatic carbocycles. The number of dihydropyridines is 1. The smallest absolute Gasteiger partial charge is 0.336 e. The highest BCUT2D eigenvalue weighted by Gasteiger charge is 2.38. The second-order valence-corrected chi connectivity index (χ2v) is 5.51. The van der Waals surface area contributed by atoms with E-state index < -0.39 is 22.8 Å². The fourth-order valence-electron chi connectivity index (χ4n) is 2.93. The van der Waals surface area contributed by atoms with Crippen molar-refractivity contribution in [1.82, 2.24) is 5.32 Å². The molecule has 0 aromatic heterocycles. The van der Waals surface area contributed by atoms with Gasteiger partial charge in [-0.1, -0.05) is 12.1 Å². The number of carbonyl (C=O) groups excluding carboxylic acids is 2. The number of hydrogen-bond donors (Lipinski definition) is 2. The van der Waals surface area contributed by atoms with Crippen molar-refractivity contribution in [2.24, 2.45) is 0 Å². The van der Waals surface area contributed by atoms with Gasteiger partial charge in [-0.15, -0.1) is 0 Å². The highest BCUT2D eigenvalue weighted by molar-refractivity contribution is 5.99. The van der Waals surface area contributed by atoms with Crippen molar-refractivity contribution in [3.63, 3.8) is 0 Å². The van der Waals surface area contributed by atoms with Crippen LogP contribution in [0.4, 0.5) is 5.69 Å². The van der Waals surface area contributed by atoms with E-state index in [2.05, 4.69) is 5.32 Å². The Morgan fingerprint density at radius 2 is 2.08 bits per heavy atom. The number of aliphatic carboxylic acids is 1. The van der Waals surface area contributed by atoms with Crippen LogP contribution in [0.25, 0.3) is 0 Å². The SMILES string of the molecule is COC(=O)C1=C(CC=O)NC(C)=C(C(=O)O)C1c1cccc([N+](=O)[O-])c1. The van der Waals surface area contributed by atoms with E-state index in [1.54, 1.807) is 0 Å². The molecule has 1 unspecified atom stereocenters. The highest BCUT2D eigenvalue weighted by Crippen LogP contribution is 2.40. The van der Waals surface area contributed by atoms with Gasteiger partial charge in [0.15, 0.2) is 0 Å². The lowest BCUT2D eigenvalue weighted by atomic mass is 9.79. The van der Waals surface area contributed by atoms with E-state index in [1.807, 2.05) is 0 Å². The molecule has 0 radical (unpaired) electrons. The van der Waals surface area contributed by atoms with Gasteiger partial charge in [-0.05, 0) is 12.5 Å².